The average Bonchev–Trinajstić information content (AvgIpc) is 3.04. The molecule has 0 bridgehead atoms. The van der Waals surface area contributed by atoms with Crippen molar-refractivity contribution in [2.45, 2.75) is 13.5 Å². The predicted molar refractivity (Wildman–Crippen MR) is 94.3 cm³/mol. The van der Waals surface area contributed by atoms with E-state index in [1.807, 2.05) is 0 Å². The van der Waals surface area contributed by atoms with Crippen LogP contribution in [0, 0.1) is 6.92 Å². The van der Waals surface area contributed by atoms with Crippen molar-refractivity contribution >= 4 is 29.0 Å². The number of halogens is 3. The van der Waals surface area contributed by atoms with Gasteiger partial charge in [-0.3, -0.25) is 4.79 Å². The summed E-state index contributed by atoms with van der Waals surface area (Å²) in [5, 5.41) is 6.45. The molecule has 8 nitrogen and oxygen atoms in total. The summed E-state index contributed by atoms with van der Waals surface area (Å²) in [4.78, 5) is 20.5. The van der Waals surface area contributed by atoms with E-state index in [0.717, 1.165) is 5.69 Å². The molecule has 0 saturated heterocycles. The predicted octanol–water partition coefficient (Wildman–Crippen LogP) is 3.06. The summed E-state index contributed by atoms with van der Waals surface area (Å²) in [5.41, 5.74) is 6.30. The Morgan fingerprint density at radius 2 is 2.04 bits per heavy atom. The molecule has 0 atom stereocenters. The molecule has 3 N–H and O–H groups in total. The van der Waals surface area contributed by atoms with Crippen LogP contribution < -0.4 is 15.8 Å². The number of amides is 1. The molecule has 27 heavy (non-hydrogen) atoms. The van der Waals surface area contributed by atoms with Gasteiger partial charge in [-0.1, -0.05) is 23.7 Å². The lowest BCUT2D eigenvalue weighted by Gasteiger charge is -2.12. The number of hydrogen-bond donors (Lipinski definition) is 2. The number of rotatable bonds is 5. The maximum Gasteiger partial charge on any atom is 0.387 e. The van der Waals surface area contributed by atoms with E-state index in [1.54, 1.807) is 25.3 Å². The third-order valence-electron chi connectivity index (χ3n) is 3.37. The number of carbonyl (C=O) groups is 1. The van der Waals surface area contributed by atoms with E-state index >= 15 is 0 Å². The fourth-order valence-corrected chi connectivity index (χ4v) is 2.43. The van der Waals surface area contributed by atoms with Crippen LogP contribution in [0.5, 0.6) is 5.75 Å². The number of anilines is 2. The number of nitrogens with two attached hydrogens (primary N) is 1. The Kier molecular flexibility index (Phi) is 5.17. The number of ether oxygens (including phenoxy) is 1. The molecule has 0 aliphatic heterocycles. The summed E-state index contributed by atoms with van der Waals surface area (Å²) in [6, 6.07) is 7.43. The third-order valence-corrected chi connectivity index (χ3v) is 3.62. The van der Waals surface area contributed by atoms with E-state index in [4.69, 9.17) is 17.3 Å². The highest BCUT2D eigenvalue weighted by molar-refractivity contribution is 6.31. The molecule has 1 aromatic carbocycles. The number of hydrogen-bond acceptors (Lipinski definition) is 6. The number of nitrogen functional groups attached to an aromatic ring is 1. The average molecular weight is 395 g/mol. The quantitative estimate of drug-likeness (QED) is 0.688. The summed E-state index contributed by atoms with van der Waals surface area (Å²) in [6.07, 6.45) is 1.61. The van der Waals surface area contributed by atoms with E-state index in [2.05, 4.69) is 25.1 Å². The molecule has 140 valence electrons. The third kappa shape index (κ3) is 4.11. The van der Waals surface area contributed by atoms with Crippen molar-refractivity contribution in [2.75, 3.05) is 11.1 Å². The Hall–Kier alpha value is -3.27. The molecule has 0 spiro atoms. The van der Waals surface area contributed by atoms with E-state index in [1.165, 1.54) is 22.9 Å². The summed E-state index contributed by atoms with van der Waals surface area (Å²) in [7, 11) is 0. The van der Waals surface area contributed by atoms with Gasteiger partial charge in [0.05, 0.1) is 11.4 Å². The first-order valence-corrected chi connectivity index (χ1v) is 7.94. The van der Waals surface area contributed by atoms with Crippen LogP contribution in [0.2, 0.25) is 5.15 Å². The van der Waals surface area contributed by atoms with Gasteiger partial charge in [-0.15, -0.1) is 0 Å². The maximum atomic E-state index is 12.5. The molecular weight excluding hydrogens is 382 g/mol. The van der Waals surface area contributed by atoms with E-state index < -0.39 is 12.5 Å². The molecule has 0 saturated carbocycles. The molecule has 0 radical (unpaired) electrons. The number of nitrogens with one attached hydrogen (secondary N) is 1. The van der Waals surface area contributed by atoms with Crippen LogP contribution in [-0.4, -0.2) is 32.3 Å². The Morgan fingerprint density at radius 3 is 2.70 bits per heavy atom. The lowest BCUT2D eigenvalue weighted by molar-refractivity contribution is -0.0493. The largest absolute Gasteiger partial charge is 0.433 e. The van der Waals surface area contributed by atoms with Gasteiger partial charge in [-0.25, -0.2) is 14.6 Å². The van der Waals surface area contributed by atoms with Crippen LogP contribution in [0.4, 0.5) is 20.3 Å². The zero-order chi connectivity index (χ0) is 19.6. The minimum Gasteiger partial charge on any atom is -0.433 e. The van der Waals surface area contributed by atoms with Crippen LogP contribution in [0.1, 0.15) is 16.2 Å². The molecule has 3 aromatic rings. The monoisotopic (exact) mass is 394 g/mol. The van der Waals surface area contributed by atoms with Gasteiger partial charge < -0.3 is 15.8 Å². The van der Waals surface area contributed by atoms with Gasteiger partial charge in [0, 0.05) is 6.20 Å². The molecule has 2 heterocycles. The molecule has 0 aliphatic carbocycles. The van der Waals surface area contributed by atoms with Crippen LogP contribution >= 0.6 is 11.6 Å². The topological polar surface area (TPSA) is 108 Å². The first-order valence-electron chi connectivity index (χ1n) is 7.56. The van der Waals surface area contributed by atoms with Crippen molar-refractivity contribution in [1.82, 2.24) is 19.7 Å². The Bertz CT molecular complexity index is 995. The van der Waals surface area contributed by atoms with Crippen LogP contribution in [0.15, 0.2) is 36.5 Å². The molecular formula is C16H13ClF2N6O2. The lowest BCUT2D eigenvalue weighted by Crippen LogP contribution is -2.19. The highest BCUT2D eigenvalue weighted by Gasteiger charge is 2.20. The summed E-state index contributed by atoms with van der Waals surface area (Å²) in [5.74, 6) is -1.04. The molecule has 11 heteroatoms. The van der Waals surface area contributed by atoms with Gasteiger partial charge in [-0.05, 0) is 25.1 Å². The zero-order valence-electron chi connectivity index (χ0n) is 13.9. The van der Waals surface area contributed by atoms with Crippen molar-refractivity contribution in [1.29, 1.82) is 0 Å². The second-order valence-corrected chi connectivity index (χ2v) is 5.66. The lowest BCUT2D eigenvalue weighted by atomic mass is 10.2. The normalized spacial score (nSPS) is 10.9. The highest BCUT2D eigenvalue weighted by Crippen LogP contribution is 2.27. The second-order valence-electron chi connectivity index (χ2n) is 5.30. The molecule has 1 amide bonds. The van der Waals surface area contributed by atoms with Gasteiger partial charge in [0.2, 0.25) is 0 Å². The van der Waals surface area contributed by atoms with Crippen molar-refractivity contribution in [3.8, 4) is 11.6 Å². The van der Waals surface area contributed by atoms with Gasteiger partial charge in [-0.2, -0.15) is 13.9 Å². The summed E-state index contributed by atoms with van der Waals surface area (Å²) in [6.45, 7) is -1.26. The van der Waals surface area contributed by atoms with Crippen molar-refractivity contribution in [3.63, 3.8) is 0 Å². The van der Waals surface area contributed by atoms with Crippen molar-refractivity contribution in [2.24, 2.45) is 0 Å². The number of aryl methyl sites for hydroxylation is 1. The van der Waals surface area contributed by atoms with Crippen molar-refractivity contribution in [3.05, 3.63) is 53.1 Å². The van der Waals surface area contributed by atoms with Gasteiger partial charge in [0.1, 0.15) is 5.75 Å². The fraction of sp³-hybridized carbons (Fsp3) is 0.125. The van der Waals surface area contributed by atoms with Gasteiger partial charge in [0.25, 0.3) is 5.91 Å². The number of aromatic nitrogens is 4. The second kappa shape index (κ2) is 7.54. The maximum absolute atomic E-state index is 12.5. The van der Waals surface area contributed by atoms with E-state index in [9.17, 15) is 13.6 Å². The first-order chi connectivity index (χ1) is 12.8. The summed E-state index contributed by atoms with van der Waals surface area (Å²) < 4.78 is 30.7. The van der Waals surface area contributed by atoms with E-state index in [0.29, 0.717) is 0 Å². The molecule has 0 fully saturated rings. The Morgan fingerprint density at radius 1 is 1.30 bits per heavy atom. The van der Waals surface area contributed by atoms with E-state index in [-0.39, 0.29) is 33.9 Å². The fourth-order valence-electron chi connectivity index (χ4n) is 2.21. The number of benzene rings is 1. The van der Waals surface area contributed by atoms with Crippen LogP contribution in [-0.2, 0) is 0 Å². The standard InChI is InChI=1S/C16H13ClF2N6O2/c1-8-6-7-25(24-8)14-12(17)22-11(13(20)23-14)15(26)21-9-4-2-3-5-10(9)27-16(18)19/h2-7,16H,1H3,(H2,20,23)(H,21,26). The first kappa shape index (κ1) is 18.5. The summed E-state index contributed by atoms with van der Waals surface area (Å²) >= 11 is 6.10. The highest BCUT2D eigenvalue weighted by atomic mass is 35.5. The Balaban J connectivity index is 1.89. The molecule has 2 aromatic heterocycles. The van der Waals surface area contributed by atoms with Gasteiger partial charge in [0.15, 0.2) is 22.5 Å². The number of carbonyl (C=O) groups excluding carboxylic acids is 1. The number of alkyl halides is 2. The molecule has 3 rings (SSSR count). The van der Waals surface area contributed by atoms with Gasteiger partial charge >= 0.3 is 6.61 Å². The van der Waals surface area contributed by atoms with Crippen LogP contribution in [0.25, 0.3) is 5.82 Å². The number of para-hydroxylation sites is 2. The van der Waals surface area contributed by atoms with Crippen LogP contribution in [0.3, 0.4) is 0 Å². The SMILES string of the molecule is Cc1ccn(-c2nc(N)c(C(=O)Nc3ccccc3OC(F)F)nc2Cl)n1. The zero-order valence-corrected chi connectivity index (χ0v) is 14.6. The minimum absolute atomic E-state index is 0.0203. The molecule has 0 aliphatic rings. The number of nitrogens with zero attached hydrogens (tertiary/aromatic N) is 4. The minimum atomic E-state index is -3.04. The molecule has 0 unspecified atom stereocenters. The smallest absolute Gasteiger partial charge is 0.387 e. The Labute approximate surface area is 156 Å². The van der Waals surface area contributed by atoms with Crippen molar-refractivity contribution < 1.29 is 18.3 Å².